The first kappa shape index (κ1) is 13.5. The van der Waals surface area contributed by atoms with Crippen molar-refractivity contribution in [1.82, 2.24) is 0 Å². The SMILES string of the molecule is Cc1cc(-c2cccc(CCCN)c2)ccc1C=O. The van der Waals surface area contributed by atoms with Crippen molar-refractivity contribution in [2.45, 2.75) is 19.8 Å². The lowest BCUT2D eigenvalue weighted by molar-refractivity contribution is 0.112. The fourth-order valence-corrected chi connectivity index (χ4v) is 2.20. The number of carbonyl (C=O) groups is 1. The smallest absolute Gasteiger partial charge is 0.150 e. The lowest BCUT2D eigenvalue weighted by Crippen LogP contribution is -2.00. The summed E-state index contributed by atoms with van der Waals surface area (Å²) in [5.74, 6) is 0. The first-order valence-electron chi connectivity index (χ1n) is 6.60. The van der Waals surface area contributed by atoms with E-state index in [4.69, 9.17) is 5.73 Å². The van der Waals surface area contributed by atoms with Crippen molar-refractivity contribution in [3.63, 3.8) is 0 Å². The van der Waals surface area contributed by atoms with Gasteiger partial charge in [0.1, 0.15) is 6.29 Å². The molecule has 0 heterocycles. The Labute approximate surface area is 114 Å². The van der Waals surface area contributed by atoms with E-state index in [9.17, 15) is 4.79 Å². The largest absolute Gasteiger partial charge is 0.330 e. The Morgan fingerprint density at radius 1 is 1.11 bits per heavy atom. The molecule has 0 atom stereocenters. The van der Waals surface area contributed by atoms with E-state index in [-0.39, 0.29) is 0 Å². The van der Waals surface area contributed by atoms with Crippen molar-refractivity contribution < 1.29 is 4.79 Å². The molecule has 0 aliphatic carbocycles. The van der Waals surface area contributed by atoms with Crippen LogP contribution in [-0.4, -0.2) is 12.8 Å². The summed E-state index contributed by atoms with van der Waals surface area (Å²) in [6.45, 7) is 2.68. The molecule has 0 aromatic heterocycles. The molecule has 2 rings (SSSR count). The molecule has 19 heavy (non-hydrogen) atoms. The highest BCUT2D eigenvalue weighted by Gasteiger charge is 2.02. The topological polar surface area (TPSA) is 43.1 Å². The summed E-state index contributed by atoms with van der Waals surface area (Å²) in [5, 5.41) is 0. The Bertz CT molecular complexity index is 575. The molecule has 2 nitrogen and oxygen atoms in total. The summed E-state index contributed by atoms with van der Waals surface area (Å²) in [6.07, 6.45) is 2.92. The number of aryl methyl sites for hydroxylation is 2. The van der Waals surface area contributed by atoms with E-state index in [1.807, 2.05) is 19.1 Å². The van der Waals surface area contributed by atoms with Gasteiger partial charge < -0.3 is 5.73 Å². The molecular weight excluding hydrogens is 234 g/mol. The maximum absolute atomic E-state index is 10.8. The Kier molecular flexibility index (Phi) is 4.48. The van der Waals surface area contributed by atoms with E-state index in [1.54, 1.807) is 0 Å². The first-order chi connectivity index (χ1) is 9.24. The molecule has 98 valence electrons. The molecule has 0 amide bonds. The number of carbonyl (C=O) groups excluding carboxylic acids is 1. The molecule has 0 spiro atoms. The number of hydrogen-bond donors (Lipinski definition) is 1. The van der Waals surface area contributed by atoms with Gasteiger partial charge in [-0.05, 0) is 48.6 Å². The molecular formula is C17H19NO. The van der Waals surface area contributed by atoms with Crippen molar-refractivity contribution in [1.29, 1.82) is 0 Å². The lowest BCUT2D eigenvalue weighted by atomic mass is 9.98. The quantitative estimate of drug-likeness (QED) is 0.830. The van der Waals surface area contributed by atoms with E-state index in [1.165, 1.54) is 11.1 Å². The number of hydrogen-bond acceptors (Lipinski definition) is 2. The second-order valence-corrected chi connectivity index (χ2v) is 4.78. The van der Waals surface area contributed by atoms with Gasteiger partial charge in [0, 0.05) is 5.56 Å². The predicted molar refractivity (Wildman–Crippen MR) is 79.4 cm³/mol. The third-order valence-electron chi connectivity index (χ3n) is 3.33. The van der Waals surface area contributed by atoms with Crippen LogP contribution in [0.2, 0.25) is 0 Å². The van der Waals surface area contributed by atoms with Crippen LogP contribution in [0.5, 0.6) is 0 Å². The summed E-state index contributed by atoms with van der Waals surface area (Å²) in [7, 11) is 0. The van der Waals surface area contributed by atoms with E-state index >= 15 is 0 Å². The molecule has 0 unspecified atom stereocenters. The van der Waals surface area contributed by atoms with Gasteiger partial charge >= 0.3 is 0 Å². The molecule has 0 aliphatic rings. The Morgan fingerprint density at radius 3 is 2.58 bits per heavy atom. The Balaban J connectivity index is 2.30. The van der Waals surface area contributed by atoms with Crippen LogP contribution in [0.15, 0.2) is 42.5 Å². The third kappa shape index (κ3) is 3.30. The van der Waals surface area contributed by atoms with Gasteiger partial charge in [0.15, 0.2) is 0 Å². The van der Waals surface area contributed by atoms with Gasteiger partial charge in [0.05, 0.1) is 0 Å². The molecule has 2 aromatic rings. The highest BCUT2D eigenvalue weighted by molar-refractivity contribution is 5.79. The number of rotatable bonds is 5. The van der Waals surface area contributed by atoms with Crippen LogP contribution in [0, 0.1) is 6.92 Å². The van der Waals surface area contributed by atoms with Crippen molar-refractivity contribution in [3.8, 4) is 11.1 Å². The zero-order chi connectivity index (χ0) is 13.7. The van der Waals surface area contributed by atoms with Crippen LogP contribution in [0.1, 0.15) is 27.9 Å². The zero-order valence-corrected chi connectivity index (χ0v) is 11.2. The minimum Gasteiger partial charge on any atom is -0.330 e. The van der Waals surface area contributed by atoms with Crippen LogP contribution < -0.4 is 5.73 Å². The normalized spacial score (nSPS) is 10.4. The van der Waals surface area contributed by atoms with Gasteiger partial charge in [0.2, 0.25) is 0 Å². The average Bonchev–Trinajstić information content (AvgIpc) is 2.45. The van der Waals surface area contributed by atoms with Gasteiger partial charge in [-0.2, -0.15) is 0 Å². The van der Waals surface area contributed by atoms with E-state index in [0.717, 1.165) is 42.4 Å². The maximum Gasteiger partial charge on any atom is 0.150 e. The van der Waals surface area contributed by atoms with Crippen LogP contribution >= 0.6 is 0 Å². The van der Waals surface area contributed by atoms with Crippen LogP contribution in [0.25, 0.3) is 11.1 Å². The van der Waals surface area contributed by atoms with Gasteiger partial charge in [-0.3, -0.25) is 4.79 Å². The summed E-state index contributed by atoms with van der Waals surface area (Å²) in [5.41, 5.74) is 11.0. The highest BCUT2D eigenvalue weighted by atomic mass is 16.1. The monoisotopic (exact) mass is 253 g/mol. The second kappa shape index (κ2) is 6.30. The molecule has 2 aromatic carbocycles. The molecule has 2 N–H and O–H groups in total. The Morgan fingerprint density at radius 2 is 1.89 bits per heavy atom. The summed E-state index contributed by atoms with van der Waals surface area (Å²) in [6, 6.07) is 14.4. The molecule has 0 aliphatic heterocycles. The Hall–Kier alpha value is -1.93. The summed E-state index contributed by atoms with van der Waals surface area (Å²) < 4.78 is 0. The van der Waals surface area contributed by atoms with E-state index < -0.39 is 0 Å². The molecule has 0 saturated carbocycles. The first-order valence-corrected chi connectivity index (χ1v) is 6.60. The van der Waals surface area contributed by atoms with Crippen molar-refractivity contribution in [3.05, 3.63) is 59.2 Å². The van der Waals surface area contributed by atoms with Crippen LogP contribution in [0.4, 0.5) is 0 Å². The van der Waals surface area contributed by atoms with Crippen molar-refractivity contribution in [2.75, 3.05) is 6.54 Å². The predicted octanol–water partition coefficient (Wildman–Crippen LogP) is 3.37. The number of aldehydes is 1. The number of benzene rings is 2. The lowest BCUT2D eigenvalue weighted by Gasteiger charge is -2.07. The molecule has 0 saturated heterocycles. The fourth-order valence-electron chi connectivity index (χ4n) is 2.20. The van der Waals surface area contributed by atoms with Gasteiger partial charge in [-0.15, -0.1) is 0 Å². The summed E-state index contributed by atoms with van der Waals surface area (Å²) >= 11 is 0. The van der Waals surface area contributed by atoms with Gasteiger partial charge in [0.25, 0.3) is 0 Å². The standard InChI is InChI=1S/C17H19NO/c1-13-10-16(7-8-17(13)12-19)15-6-2-4-14(11-15)5-3-9-18/h2,4,6-8,10-12H,3,5,9,18H2,1H3. The van der Waals surface area contributed by atoms with Crippen LogP contribution in [-0.2, 0) is 6.42 Å². The van der Waals surface area contributed by atoms with Crippen molar-refractivity contribution >= 4 is 6.29 Å². The molecule has 0 radical (unpaired) electrons. The average molecular weight is 253 g/mol. The highest BCUT2D eigenvalue weighted by Crippen LogP contribution is 2.23. The van der Waals surface area contributed by atoms with Crippen molar-refractivity contribution in [2.24, 2.45) is 5.73 Å². The number of nitrogens with two attached hydrogens (primary N) is 1. The fraction of sp³-hybridized carbons (Fsp3) is 0.235. The molecule has 2 heteroatoms. The third-order valence-corrected chi connectivity index (χ3v) is 3.33. The second-order valence-electron chi connectivity index (χ2n) is 4.78. The van der Waals surface area contributed by atoms with Crippen LogP contribution in [0.3, 0.4) is 0 Å². The molecule has 0 fully saturated rings. The van der Waals surface area contributed by atoms with E-state index in [2.05, 4.69) is 30.3 Å². The van der Waals surface area contributed by atoms with Gasteiger partial charge in [-0.25, -0.2) is 0 Å². The van der Waals surface area contributed by atoms with E-state index in [0.29, 0.717) is 0 Å². The molecule has 0 bridgehead atoms. The maximum atomic E-state index is 10.8. The minimum atomic E-state index is 0.720. The summed E-state index contributed by atoms with van der Waals surface area (Å²) in [4.78, 5) is 10.8. The van der Waals surface area contributed by atoms with Gasteiger partial charge in [-0.1, -0.05) is 42.5 Å². The zero-order valence-electron chi connectivity index (χ0n) is 11.2. The minimum absolute atomic E-state index is 0.720.